The van der Waals surface area contributed by atoms with Crippen molar-refractivity contribution in [1.29, 1.82) is 0 Å². The first-order valence-electron chi connectivity index (χ1n) is 10.0. The number of carboxylic acid groups (broad SMARTS) is 1. The number of benzene rings is 2. The molecule has 1 aromatic heterocycles. The van der Waals surface area contributed by atoms with Crippen LogP contribution in [-0.2, 0) is 6.42 Å². The third-order valence-electron chi connectivity index (χ3n) is 5.71. The lowest BCUT2D eigenvalue weighted by atomic mass is 9.99. The maximum absolute atomic E-state index is 13.3. The van der Waals surface area contributed by atoms with Crippen molar-refractivity contribution in [3.8, 4) is 5.75 Å². The second-order valence-corrected chi connectivity index (χ2v) is 7.58. The average Bonchev–Trinajstić information content (AvgIpc) is 3.53. The Balaban J connectivity index is 1.80. The predicted molar refractivity (Wildman–Crippen MR) is 111 cm³/mol. The Bertz CT molecular complexity index is 1130. The highest BCUT2D eigenvalue weighted by Gasteiger charge is 2.44. The Morgan fingerprint density at radius 2 is 2.00 bits per heavy atom. The lowest BCUT2D eigenvalue weighted by Gasteiger charge is -2.11. The van der Waals surface area contributed by atoms with Gasteiger partial charge in [0.05, 0.1) is 18.1 Å². The SMILES string of the molecule is CCCCc1c(C2CC2c2ccccc2OC)oc2ccc(C(=O)O)cc2c1=O. The highest BCUT2D eigenvalue weighted by molar-refractivity contribution is 5.92. The first-order chi connectivity index (χ1) is 14.0. The number of methoxy groups -OCH3 is 1. The minimum atomic E-state index is -1.05. The largest absolute Gasteiger partial charge is 0.496 e. The third-order valence-corrected chi connectivity index (χ3v) is 5.71. The van der Waals surface area contributed by atoms with Gasteiger partial charge in [0, 0.05) is 11.5 Å². The fourth-order valence-electron chi connectivity index (χ4n) is 4.07. The highest BCUT2D eigenvalue weighted by atomic mass is 16.5. The van der Waals surface area contributed by atoms with Crippen LogP contribution in [0.15, 0.2) is 51.7 Å². The number of hydrogen-bond donors (Lipinski definition) is 1. The van der Waals surface area contributed by atoms with E-state index in [2.05, 4.69) is 13.0 Å². The summed E-state index contributed by atoms with van der Waals surface area (Å²) in [5.74, 6) is 0.933. The first-order valence-corrected chi connectivity index (χ1v) is 10.0. The average molecular weight is 392 g/mol. The molecule has 0 amide bonds. The summed E-state index contributed by atoms with van der Waals surface area (Å²) < 4.78 is 11.7. The molecule has 29 heavy (non-hydrogen) atoms. The van der Waals surface area contributed by atoms with Gasteiger partial charge in [0.1, 0.15) is 17.1 Å². The van der Waals surface area contributed by atoms with Gasteiger partial charge >= 0.3 is 5.97 Å². The van der Waals surface area contributed by atoms with E-state index in [0.717, 1.165) is 36.3 Å². The van der Waals surface area contributed by atoms with Crippen LogP contribution >= 0.6 is 0 Å². The van der Waals surface area contributed by atoms with Crippen LogP contribution in [0.5, 0.6) is 5.75 Å². The van der Waals surface area contributed by atoms with Gasteiger partial charge in [-0.1, -0.05) is 31.5 Å². The molecule has 0 radical (unpaired) electrons. The molecular weight excluding hydrogens is 368 g/mol. The zero-order valence-electron chi connectivity index (χ0n) is 16.6. The molecule has 1 aliphatic carbocycles. The van der Waals surface area contributed by atoms with Crippen molar-refractivity contribution in [2.75, 3.05) is 7.11 Å². The van der Waals surface area contributed by atoms with Crippen molar-refractivity contribution in [2.24, 2.45) is 0 Å². The van der Waals surface area contributed by atoms with Crippen LogP contribution in [0.4, 0.5) is 0 Å². The molecule has 5 heteroatoms. The number of carbonyl (C=O) groups is 1. The van der Waals surface area contributed by atoms with Crippen molar-refractivity contribution in [3.05, 3.63) is 75.1 Å². The maximum atomic E-state index is 13.3. The zero-order chi connectivity index (χ0) is 20.5. The van der Waals surface area contributed by atoms with E-state index in [-0.39, 0.29) is 22.8 Å². The van der Waals surface area contributed by atoms with Gasteiger partial charge in [0.2, 0.25) is 0 Å². The Morgan fingerprint density at radius 3 is 2.72 bits per heavy atom. The van der Waals surface area contributed by atoms with E-state index in [1.54, 1.807) is 13.2 Å². The monoisotopic (exact) mass is 392 g/mol. The van der Waals surface area contributed by atoms with E-state index in [4.69, 9.17) is 9.15 Å². The van der Waals surface area contributed by atoms with Crippen molar-refractivity contribution in [1.82, 2.24) is 0 Å². The van der Waals surface area contributed by atoms with Gasteiger partial charge in [-0.3, -0.25) is 4.79 Å². The molecule has 5 nitrogen and oxygen atoms in total. The lowest BCUT2D eigenvalue weighted by Crippen LogP contribution is -2.14. The number of rotatable bonds is 7. The number of ether oxygens (including phenoxy) is 1. The Labute approximate surface area is 168 Å². The quantitative estimate of drug-likeness (QED) is 0.604. The molecule has 1 heterocycles. The van der Waals surface area contributed by atoms with Gasteiger partial charge < -0.3 is 14.3 Å². The second kappa shape index (κ2) is 7.74. The van der Waals surface area contributed by atoms with Crippen molar-refractivity contribution >= 4 is 16.9 Å². The standard InChI is InChI=1S/C24H24O5/c1-3-4-7-16-22(25)19-12-14(24(26)27)10-11-21(19)29-23(16)18-13-17(18)15-8-5-6-9-20(15)28-2/h5-6,8-12,17-18H,3-4,7,13H2,1-2H3,(H,26,27). The summed E-state index contributed by atoms with van der Waals surface area (Å²) in [4.78, 5) is 24.6. The van der Waals surface area contributed by atoms with Gasteiger partial charge in [-0.15, -0.1) is 0 Å². The van der Waals surface area contributed by atoms with E-state index >= 15 is 0 Å². The smallest absolute Gasteiger partial charge is 0.335 e. The minimum Gasteiger partial charge on any atom is -0.496 e. The molecule has 150 valence electrons. The Hall–Kier alpha value is -3.08. The molecule has 0 aliphatic heterocycles. The van der Waals surface area contributed by atoms with Gasteiger partial charge in [-0.25, -0.2) is 4.79 Å². The van der Waals surface area contributed by atoms with E-state index in [1.165, 1.54) is 12.1 Å². The van der Waals surface area contributed by atoms with Gasteiger partial charge in [-0.2, -0.15) is 0 Å². The molecule has 1 N–H and O–H groups in total. The van der Waals surface area contributed by atoms with E-state index in [1.807, 2.05) is 18.2 Å². The summed E-state index contributed by atoms with van der Waals surface area (Å²) >= 11 is 0. The van der Waals surface area contributed by atoms with Crippen LogP contribution in [0.2, 0.25) is 0 Å². The molecule has 4 rings (SSSR count). The molecule has 0 bridgehead atoms. The second-order valence-electron chi connectivity index (χ2n) is 7.58. The van der Waals surface area contributed by atoms with Crippen LogP contribution in [0.25, 0.3) is 11.0 Å². The summed E-state index contributed by atoms with van der Waals surface area (Å²) in [5, 5.41) is 9.61. The maximum Gasteiger partial charge on any atom is 0.335 e. The third kappa shape index (κ3) is 3.53. The van der Waals surface area contributed by atoms with Crippen LogP contribution in [0.1, 0.15) is 65.3 Å². The molecule has 2 unspecified atom stereocenters. The summed E-state index contributed by atoms with van der Waals surface area (Å²) in [6.45, 7) is 2.08. The van der Waals surface area contributed by atoms with E-state index in [9.17, 15) is 14.7 Å². The molecule has 3 aromatic rings. The Morgan fingerprint density at radius 1 is 1.21 bits per heavy atom. The number of fused-ring (bicyclic) bond motifs is 1. The molecule has 0 spiro atoms. The minimum absolute atomic E-state index is 0.0947. The van der Waals surface area contributed by atoms with Gasteiger partial charge in [0.15, 0.2) is 5.43 Å². The number of hydrogen-bond acceptors (Lipinski definition) is 4. The van der Waals surface area contributed by atoms with E-state index < -0.39 is 5.97 Å². The summed E-state index contributed by atoms with van der Waals surface area (Å²) in [6.07, 6.45) is 3.39. The molecule has 1 saturated carbocycles. The van der Waals surface area contributed by atoms with Crippen LogP contribution in [0, 0.1) is 0 Å². The molecule has 2 atom stereocenters. The van der Waals surface area contributed by atoms with Crippen LogP contribution in [-0.4, -0.2) is 18.2 Å². The van der Waals surface area contributed by atoms with Crippen molar-refractivity contribution in [3.63, 3.8) is 0 Å². The molecule has 1 fully saturated rings. The van der Waals surface area contributed by atoms with Gasteiger partial charge in [-0.05, 0) is 55.0 Å². The summed E-state index contributed by atoms with van der Waals surface area (Å²) in [7, 11) is 1.67. The van der Waals surface area contributed by atoms with Crippen LogP contribution in [0.3, 0.4) is 0 Å². The molecule has 0 saturated heterocycles. The topological polar surface area (TPSA) is 76.7 Å². The molecule has 1 aliphatic rings. The number of aromatic carboxylic acids is 1. The zero-order valence-corrected chi connectivity index (χ0v) is 16.6. The van der Waals surface area contributed by atoms with E-state index in [0.29, 0.717) is 23.0 Å². The predicted octanol–water partition coefficient (Wildman–Crippen LogP) is 5.11. The van der Waals surface area contributed by atoms with Crippen molar-refractivity contribution < 1.29 is 19.1 Å². The van der Waals surface area contributed by atoms with Gasteiger partial charge in [0.25, 0.3) is 0 Å². The number of para-hydroxylation sites is 1. The van der Waals surface area contributed by atoms with Crippen molar-refractivity contribution in [2.45, 2.75) is 44.4 Å². The normalized spacial score (nSPS) is 18.0. The molecular formula is C24H24O5. The fourth-order valence-corrected chi connectivity index (χ4v) is 4.07. The number of unbranched alkanes of at least 4 members (excludes halogenated alkanes) is 1. The molecule has 2 aromatic carbocycles. The van der Waals surface area contributed by atoms with Crippen LogP contribution < -0.4 is 10.2 Å². The summed E-state index contributed by atoms with van der Waals surface area (Å²) in [5.41, 5.74) is 2.25. The number of carboxylic acids is 1. The summed E-state index contributed by atoms with van der Waals surface area (Å²) in [6, 6.07) is 12.5. The fraction of sp³-hybridized carbons (Fsp3) is 0.333. The highest BCUT2D eigenvalue weighted by Crippen LogP contribution is 2.57. The Kier molecular flexibility index (Phi) is 5.14. The lowest BCUT2D eigenvalue weighted by molar-refractivity contribution is 0.0697. The first kappa shape index (κ1) is 19.2.